The Morgan fingerprint density at radius 3 is 1.34 bits per heavy atom. The predicted molar refractivity (Wildman–Crippen MR) is 402 cm³/mol. The Morgan fingerprint density at radius 1 is 0.413 bits per heavy atom. The highest BCUT2D eigenvalue weighted by molar-refractivity contribution is 6.01. The number of benzene rings is 2. The third-order valence-corrected chi connectivity index (χ3v) is 17.9. The average molecular weight is 1530 g/mol. The maximum atomic E-state index is 14.7. The lowest BCUT2D eigenvalue weighted by Gasteiger charge is -2.30. The average Bonchev–Trinajstić information content (AvgIpc) is 1.73. The highest BCUT2D eigenvalue weighted by Crippen LogP contribution is 2.22. The van der Waals surface area contributed by atoms with Gasteiger partial charge >= 0.3 is 0 Å². The van der Waals surface area contributed by atoms with E-state index < -0.39 is 194 Å². The number of para-hydroxylation sites is 2. The van der Waals surface area contributed by atoms with E-state index in [1.54, 1.807) is 74.8 Å². The summed E-state index contributed by atoms with van der Waals surface area (Å²) in [5, 5.41) is 54.9. The number of rotatable bonds is 51. The number of carbonyl (C=O) groups excluding carboxylic acids is 15. The molecule has 27 N–H and O–H groups in total. The second-order valence-corrected chi connectivity index (χ2v) is 27.3. The normalized spacial score (nSPS) is 14.5. The van der Waals surface area contributed by atoms with E-state index in [9.17, 15) is 82.1 Å². The summed E-state index contributed by atoms with van der Waals surface area (Å²) in [5.41, 5.74) is 30.5. The maximum absolute atomic E-state index is 14.7. The number of aromatic amines is 2. The molecule has 0 aliphatic carbocycles. The zero-order chi connectivity index (χ0) is 80.9. The number of nitrogens with two attached hydrogens (primary N) is 5. The number of primary amides is 2. The van der Waals surface area contributed by atoms with Crippen LogP contribution in [-0.4, -0.2) is 221 Å². The minimum Gasteiger partial charge on any atom is -0.394 e. The van der Waals surface area contributed by atoms with Crippen LogP contribution in [0.2, 0.25) is 0 Å². The molecule has 2 aromatic carbocycles. The van der Waals surface area contributed by atoms with E-state index in [1.165, 1.54) is 6.92 Å². The molecule has 37 nitrogen and oxygen atoms in total. The molecule has 0 fully saturated rings. The first kappa shape index (κ1) is 90.8. The van der Waals surface area contributed by atoms with Crippen LogP contribution in [0, 0.1) is 11.8 Å². The van der Waals surface area contributed by atoms with Gasteiger partial charge in [-0.2, -0.15) is 0 Å². The number of carbonyl (C=O) groups is 15. The highest BCUT2D eigenvalue weighted by Gasteiger charge is 2.38. The summed E-state index contributed by atoms with van der Waals surface area (Å²) in [6, 6.07) is -0.791. The fourth-order valence-electron chi connectivity index (χ4n) is 11.6. The van der Waals surface area contributed by atoms with E-state index in [-0.39, 0.29) is 83.8 Å². The number of nitrogens with one attached hydrogen (secondary N) is 15. The van der Waals surface area contributed by atoms with Gasteiger partial charge in [0.05, 0.1) is 38.8 Å². The quantitative estimate of drug-likeness (QED) is 0.0185. The molecule has 0 saturated heterocycles. The fraction of sp³-hybridized carbons (Fsp3) is 0.569. The van der Waals surface area contributed by atoms with Crippen molar-refractivity contribution in [3.05, 3.63) is 72.1 Å². The number of hydrogen-bond donors (Lipinski definition) is 22. The lowest BCUT2D eigenvalue weighted by Crippen LogP contribution is -2.62. The van der Waals surface area contributed by atoms with Gasteiger partial charge in [0.25, 0.3) is 0 Å². The SMILES string of the molecule is CC[C@H](C)[C@H](NC(=O)[C@@H](NC(=O)[C@H](Cc1c[nH]c2ccccc12)NC(=O)[C@@H](CCCN)NC(=O)CNC(=O)[C@H](CCCN)NC(=O)[C@@H](CCCN)NC(=O)[C@@H](Cc1c[nH]c2ccccc12)NC(=O)[C@@H](C)NC(=O)[C@@H](CO)NC(=O)CCCCCC(C)C)[C@@H](C)O)C(=O)N[C@@H](CC(N)=O)C(=O)NCC(=O)NCC(N)=O. The lowest BCUT2D eigenvalue weighted by atomic mass is 9.96. The zero-order valence-corrected chi connectivity index (χ0v) is 62.7. The molecule has 0 unspecified atom stereocenters. The van der Waals surface area contributed by atoms with E-state index in [0.29, 0.717) is 45.3 Å². The first-order valence-corrected chi connectivity index (χ1v) is 36.7. The number of amides is 15. The van der Waals surface area contributed by atoms with Gasteiger partial charge in [0.15, 0.2) is 0 Å². The van der Waals surface area contributed by atoms with Crippen molar-refractivity contribution in [2.24, 2.45) is 40.5 Å². The second-order valence-electron chi connectivity index (χ2n) is 27.3. The summed E-state index contributed by atoms with van der Waals surface area (Å²) in [7, 11) is 0. The van der Waals surface area contributed by atoms with Crippen molar-refractivity contribution in [3.63, 3.8) is 0 Å². The van der Waals surface area contributed by atoms with Gasteiger partial charge in [0.1, 0.15) is 60.4 Å². The van der Waals surface area contributed by atoms with Crippen LogP contribution in [-0.2, 0) is 84.8 Å². The van der Waals surface area contributed by atoms with Crippen molar-refractivity contribution in [2.75, 3.05) is 45.9 Å². The number of unbranched alkanes of at least 4 members (excludes halogenated alkanes) is 2. The van der Waals surface area contributed by atoms with Crippen molar-refractivity contribution in [3.8, 4) is 0 Å². The Bertz CT molecular complexity index is 3730. The highest BCUT2D eigenvalue weighted by atomic mass is 16.3. The molecule has 109 heavy (non-hydrogen) atoms. The standard InChI is InChI=1S/C72H112N20O17/c1-7-40(4)61(71(108)90-54(32-56(76)95)65(102)81-36-59(98)80-35-57(77)96)91-72(109)62(42(6)94)92-69(106)53(31-44-34-79-48-22-14-12-20-46(44)48)89-66(103)50(24-16-28-74)84-60(99)37-82-64(101)49(23-15-27-73)86-67(104)51(25-17-29-75)87-68(105)52(30-43-33-78-47-21-13-11-19-45(43)47)88-63(100)41(5)83-70(107)55(38-93)85-58(97)26-10-8-9-18-39(2)3/h11-14,19-22,33-34,39-42,49-55,61-62,78-79,93-94H,7-10,15-18,23-32,35-38,73-75H2,1-6H3,(H2,76,95)(H2,77,96)(H,80,98)(H,81,102)(H,82,101)(H,83,107)(H,84,99)(H,85,97)(H,86,104)(H,87,105)(H,88,100)(H,89,103)(H,90,108)(H,91,109)(H,92,106)/t40-,41+,42+,49-,50+,51+,52+,53-,54-,55+,61-,62-/m0/s1. The van der Waals surface area contributed by atoms with Crippen LogP contribution in [0.25, 0.3) is 21.8 Å². The van der Waals surface area contributed by atoms with Crippen molar-refractivity contribution in [1.29, 1.82) is 0 Å². The van der Waals surface area contributed by atoms with Gasteiger partial charge in [-0.1, -0.05) is 89.8 Å². The zero-order valence-electron chi connectivity index (χ0n) is 62.7. The third kappa shape index (κ3) is 31.2. The van der Waals surface area contributed by atoms with Crippen LogP contribution >= 0.6 is 0 Å². The molecule has 0 radical (unpaired) electrons. The van der Waals surface area contributed by atoms with E-state index in [4.69, 9.17) is 28.7 Å². The molecule has 0 bridgehead atoms. The van der Waals surface area contributed by atoms with E-state index in [2.05, 4.69) is 92.9 Å². The van der Waals surface area contributed by atoms with Gasteiger partial charge < -0.3 is 118 Å². The van der Waals surface area contributed by atoms with E-state index >= 15 is 0 Å². The number of H-pyrrole nitrogens is 2. The van der Waals surface area contributed by atoms with E-state index in [0.717, 1.165) is 26.2 Å². The number of aliphatic hydroxyl groups is 2. The van der Waals surface area contributed by atoms with Crippen LogP contribution in [0.4, 0.5) is 0 Å². The lowest BCUT2D eigenvalue weighted by molar-refractivity contribution is -0.137. The van der Waals surface area contributed by atoms with Gasteiger partial charge in [-0.3, -0.25) is 71.9 Å². The van der Waals surface area contributed by atoms with Crippen LogP contribution in [0.1, 0.15) is 136 Å². The first-order valence-electron chi connectivity index (χ1n) is 36.7. The van der Waals surface area contributed by atoms with E-state index in [1.807, 2.05) is 0 Å². The molecular formula is C72H112N20O17. The van der Waals surface area contributed by atoms with Crippen LogP contribution in [0.15, 0.2) is 60.9 Å². The molecule has 602 valence electrons. The Morgan fingerprint density at radius 2 is 0.844 bits per heavy atom. The largest absolute Gasteiger partial charge is 0.394 e. The molecule has 0 aliphatic heterocycles. The summed E-state index contributed by atoms with van der Waals surface area (Å²) in [6.45, 7) is 7.27. The number of hydrogen-bond acceptors (Lipinski definition) is 20. The molecule has 15 amide bonds. The molecule has 2 aromatic heterocycles. The molecule has 0 aliphatic rings. The van der Waals surface area contributed by atoms with Crippen LogP contribution in [0.3, 0.4) is 0 Å². The molecule has 0 spiro atoms. The summed E-state index contributed by atoms with van der Waals surface area (Å²) in [6.07, 6.45) is 4.26. The third-order valence-electron chi connectivity index (χ3n) is 17.9. The Hall–Kier alpha value is -10.6. The van der Waals surface area contributed by atoms with Crippen molar-refractivity contribution in [1.82, 2.24) is 79.1 Å². The van der Waals surface area contributed by atoms with Gasteiger partial charge in [-0.15, -0.1) is 0 Å². The second kappa shape index (κ2) is 47.2. The summed E-state index contributed by atoms with van der Waals surface area (Å²) >= 11 is 0. The van der Waals surface area contributed by atoms with Crippen molar-refractivity contribution in [2.45, 2.75) is 204 Å². The minimum atomic E-state index is -1.84. The number of aliphatic hydroxyl groups excluding tert-OH is 2. The molecule has 2 heterocycles. The molecule has 4 aromatic rings. The van der Waals surface area contributed by atoms with Gasteiger partial charge in [0.2, 0.25) is 88.6 Å². The van der Waals surface area contributed by atoms with Gasteiger partial charge in [-0.05, 0) is 114 Å². The predicted octanol–water partition coefficient (Wildman–Crippen LogP) is -4.75. The molecular weight excluding hydrogens is 1420 g/mol. The topological polar surface area (TPSA) is 615 Å². The maximum Gasteiger partial charge on any atom is 0.245 e. The van der Waals surface area contributed by atoms with Gasteiger partial charge in [0, 0.05) is 53.5 Å². The van der Waals surface area contributed by atoms with Crippen molar-refractivity contribution < 1.29 is 82.1 Å². The molecule has 0 saturated carbocycles. The number of aromatic nitrogens is 2. The Kier molecular flexibility index (Phi) is 39.3. The van der Waals surface area contributed by atoms with Crippen LogP contribution in [0.5, 0.6) is 0 Å². The summed E-state index contributed by atoms with van der Waals surface area (Å²) < 4.78 is 0. The van der Waals surface area contributed by atoms with Gasteiger partial charge in [-0.25, -0.2) is 0 Å². The smallest absolute Gasteiger partial charge is 0.245 e. The number of fused-ring (bicyclic) bond motifs is 2. The molecule has 4 rings (SSSR count). The minimum absolute atomic E-state index is 0.0237. The monoisotopic (exact) mass is 1530 g/mol. The molecule has 37 heteroatoms. The summed E-state index contributed by atoms with van der Waals surface area (Å²) in [5.74, 6) is -13.8. The Labute approximate surface area is 632 Å². The fourth-order valence-corrected chi connectivity index (χ4v) is 11.6. The first-order chi connectivity index (χ1) is 51.8. The van der Waals surface area contributed by atoms with Crippen molar-refractivity contribution >= 4 is 110 Å². The van der Waals surface area contributed by atoms with Crippen LogP contribution < -0.4 is 97.8 Å². The molecule has 12 atom stereocenters. The summed E-state index contributed by atoms with van der Waals surface area (Å²) in [4.78, 5) is 209. The Balaban J connectivity index is 1.53.